The van der Waals surface area contributed by atoms with E-state index in [1.807, 2.05) is 0 Å². The predicted octanol–water partition coefficient (Wildman–Crippen LogP) is 0.527. The van der Waals surface area contributed by atoms with Crippen LogP contribution in [0.2, 0.25) is 0 Å². The molecule has 1 N–H and O–H groups in total. The molecule has 2 aromatic heterocycles. The summed E-state index contributed by atoms with van der Waals surface area (Å²) in [5, 5.41) is 9.74. The van der Waals surface area contributed by atoms with Gasteiger partial charge in [-0.25, -0.2) is 9.78 Å². The van der Waals surface area contributed by atoms with Gasteiger partial charge in [0, 0.05) is 20.6 Å². The van der Waals surface area contributed by atoms with Crippen LogP contribution < -0.4 is 11.2 Å². The Morgan fingerprint density at radius 1 is 1.38 bits per heavy atom. The Bertz CT molecular complexity index is 911. The maximum atomic E-state index is 12.9. The highest BCUT2D eigenvalue weighted by Gasteiger charge is 2.57. The van der Waals surface area contributed by atoms with Crippen LogP contribution >= 0.6 is 0 Å². The van der Waals surface area contributed by atoms with Crippen LogP contribution in [0, 0.1) is 5.92 Å². The van der Waals surface area contributed by atoms with Gasteiger partial charge in [0.05, 0.1) is 6.33 Å². The zero-order valence-corrected chi connectivity index (χ0v) is 13.2. The van der Waals surface area contributed by atoms with Crippen LogP contribution in [0.4, 0.5) is 13.2 Å². The highest BCUT2D eigenvalue weighted by atomic mass is 19.4. The third-order valence-corrected chi connectivity index (χ3v) is 4.76. The molecule has 0 saturated heterocycles. The average molecular weight is 346 g/mol. The zero-order chi connectivity index (χ0) is 17.9. The third kappa shape index (κ3) is 2.36. The summed E-state index contributed by atoms with van der Waals surface area (Å²) in [6.45, 7) is -0.162. The molecule has 0 aliphatic heterocycles. The summed E-state index contributed by atoms with van der Waals surface area (Å²) in [6, 6.07) is 0. The molecule has 1 saturated carbocycles. The fourth-order valence-corrected chi connectivity index (χ4v) is 3.35. The molecule has 0 amide bonds. The van der Waals surface area contributed by atoms with Crippen molar-refractivity contribution in [3.05, 3.63) is 27.2 Å². The van der Waals surface area contributed by atoms with Crippen molar-refractivity contribution in [3.8, 4) is 0 Å². The molecule has 2 heterocycles. The first kappa shape index (κ1) is 16.7. The van der Waals surface area contributed by atoms with Crippen molar-refractivity contribution >= 4 is 11.2 Å². The molecule has 2 aromatic rings. The fraction of sp³-hybridized carbons (Fsp3) is 0.643. The standard InChI is InChI=1S/C14H17F3N4O3/c1-19-7-18-10-9(19)11(22)21(12(23)20(10)2)6-8-3-4-13(24,5-8)14(15,16)17/h7-8,24H,3-6H2,1-2H3/t8-,13-/m1/s1. The van der Waals surface area contributed by atoms with Crippen LogP contribution in [0.25, 0.3) is 11.2 Å². The summed E-state index contributed by atoms with van der Waals surface area (Å²) in [5.41, 5.74) is -3.53. The average Bonchev–Trinajstić information content (AvgIpc) is 3.05. The van der Waals surface area contributed by atoms with E-state index in [4.69, 9.17) is 0 Å². The Hall–Kier alpha value is -2.10. The lowest BCUT2D eigenvalue weighted by Gasteiger charge is -2.25. The summed E-state index contributed by atoms with van der Waals surface area (Å²) in [7, 11) is 3.05. The molecule has 2 atom stereocenters. The van der Waals surface area contributed by atoms with Crippen molar-refractivity contribution in [2.45, 2.75) is 37.6 Å². The quantitative estimate of drug-likeness (QED) is 0.860. The fourth-order valence-electron chi connectivity index (χ4n) is 3.35. The predicted molar refractivity (Wildman–Crippen MR) is 78.6 cm³/mol. The monoisotopic (exact) mass is 346 g/mol. The number of aliphatic hydroxyl groups is 1. The molecule has 7 nitrogen and oxygen atoms in total. The number of halogens is 3. The first-order chi connectivity index (χ1) is 11.0. The summed E-state index contributed by atoms with van der Waals surface area (Å²) in [4.78, 5) is 28.9. The molecule has 1 fully saturated rings. The number of nitrogens with zero attached hydrogens (tertiary/aromatic N) is 4. The van der Waals surface area contributed by atoms with Crippen LogP contribution in [0.15, 0.2) is 15.9 Å². The molecule has 0 unspecified atom stereocenters. The van der Waals surface area contributed by atoms with Gasteiger partial charge in [-0.15, -0.1) is 0 Å². The van der Waals surface area contributed by atoms with Gasteiger partial charge in [-0.3, -0.25) is 13.9 Å². The minimum absolute atomic E-state index is 0.0923. The van der Waals surface area contributed by atoms with Crippen molar-refractivity contribution in [3.63, 3.8) is 0 Å². The van der Waals surface area contributed by atoms with E-state index in [9.17, 15) is 27.9 Å². The van der Waals surface area contributed by atoms with E-state index in [1.54, 1.807) is 7.05 Å². The molecule has 1 aliphatic carbocycles. The molecule has 0 bridgehead atoms. The van der Waals surface area contributed by atoms with E-state index < -0.39 is 41.8 Å². The Balaban J connectivity index is 1.99. The summed E-state index contributed by atoms with van der Waals surface area (Å²) in [5.74, 6) is -0.604. The molecular weight excluding hydrogens is 329 g/mol. The lowest BCUT2D eigenvalue weighted by atomic mass is 9.99. The van der Waals surface area contributed by atoms with Crippen molar-refractivity contribution in [1.29, 1.82) is 0 Å². The normalized spacial score (nSPS) is 24.8. The van der Waals surface area contributed by atoms with Gasteiger partial charge < -0.3 is 9.67 Å². The van der Waals surface area contributed by atoms with E-state index in [1.165, 1.54) is 22.5 Å². The van der Waals surface area contributed by atoms with Crippen LogP contribution in [-0.4, -0.2) is 35.6 Å². The molecule has 3 rings (SSSR count). The number of aromatic nitrogens is 4. The number of hydrogen-bond acceptors (Lipinski definition) is 4. The highest BCUT2D eigenvalue weighted by molar-refractivity contribution is 5.69. The van der Waals surface area contributed by atoms with E-state index >= 15 is 0 Å². The summed E-state index contributed by atoms with van der Waals surface area (Å²) in [6.07, 6.45) is -4.17. The highest BCUT2D eigenvalue weighted by Crippen LogP contribution is 2.45. The lowest BCUT2D eigenvalue weighted by Crippen LogP contribution is -2.44. The number of hydrogen-bond donors (Lipinski definition) is 1. The van der Waals surface area contributed by atoms with Crippen LogP contribution in [-0.2, 0) is 20.6 Å². The topological polar surface area (TPSA) is 82.1 Å². The molecule has 1 aliphatic rings. The molecular formula is C14H17F3N4O3. The molecule has 132 valence electrons. The minimum atomic E-state index is -4.72. The maximum absolute atomic E-state index is 12.9. The molecule has 0 spiro atoms. The molecule has 0 aromatic carbocycles. The van der Waals surface area contributed by atoms with Crippen LogP contribution in [0.3, 0.4) is 0 Å². The Morgan fingerprint density at radius 3 is 2.62 bits per heavy atom. The van der Waals surface area contributed by atoms with E-state index in [0.29, 0.717) is 0 Å². The number of rotatable bonds is 2. The number of fused-ring (bicyclic) bond motifs is 1. The van der Waals surface area contributed by atoms with Crippen molar-refractivity contribution < 1.29 is 18.3 Å². The SMILES string of the molecule is Cn1cnc2c1c(=O)n(C[C@@H]1CC[C@](O)(C(F)(F)F)C1)c(=O)n2C. The van der Waals surface area contributed by atoms with Gasteiger partial charge in [0.25, 0.3) is 5.56 Å². The molecule has 24 heavy (non-hydrogen) atoms. The van der Waals surface area contributed by atoms with Crippen molar-refractivity contribution in [2.24, 2.45) is 20.0 Å². The van der Waals surface area contributed by atoms with Gasteiger partial charge in [0.15, 0.2) is 16.8 Å². The van der Waals surface area contributed by atoms with Gasteiger partial charge in [-0.2, -0.15) is 13.2 Å². The van der Waals surface area contributed by atoms with Crippen molar-refractivity contribution in [2.75, 3.05) is 0 Å². The van der Waals surface area contributed by atoms with E-state index in [0.717, 1.165) is 4.57 Å². The van der Waals surface area contributed by atoms with Gasteiger partial charge in [0.1, 0.15) is 0 Å². The Kier molecular flexibility index (Phi) is 3.63. The summed E-state index contributed by atoms with van der Waals surface area (Å²) >= 11 is 0. The van der Waals surface area contributed by atoms with Gasteiger partial charge in [-0.1, -0.05) is 0 Å². The maximum Gasteiger partial charge on any atom is 0.417 e. The second-order valence-corrected chi connectivity index (χ2v) is 6.42. The third-order valence-electron chi connectivity index (χ3n) is 4.76. The summed E-state index contributed by atoms with van der Waals surface area (Å²) < 4.78 is 42.3. The van der Waals surface area contributed by atoms with Crippen LogP contribution in [0.1, 0.15) is 19.3 Å². The number of aryl methyl sites for hydroxylation is 2. The number of alkyl halides is 3. The molecule has 10 heteroatoms. The minimum Gasteiger partial charge on any atom is -0.380 e. The van der Waals surface area contributed by atoms with Gasteiger partial charge >= 0.3 is 11.9 Å². The largest absolute Gasteiger partial charge is 0.417 e. The second-order valence-electron chi connectivity index (χ2n) is 6.42. The lowest BCUT2D eigenvalue weighted by molar-refractivity contribution is -0.258. The zero-order valence-electron chi connectivity index (χ0n) is 13.2. The second kappa shape index (κ2) is 5.20. The first-order valence-corrected chi connectivity index (χ1v) is 7.45. The van der Waals surface area contributed by atoms with E-state index in [2.05, 4.69) is 4.98 Å². The van der Waals surface area contributed by atoms with Crippen LogP contribution in [0.5, 0.6) is 0 Å². The Labute approximate surface area is 134 Å². The Morgan fingerprint density at radius 2 is 2.04 bits per heavy atom. The smallest absolute Gasteiger partial charge is 0.380 e. The number of imidazole rings is 1. The van der Waals surface area contributed by atoms with Gasteiger partial charge in [-0.05, 0) is 25.2 Å². The van der Waals surface area contributed by atoms with E-state index in [-0.39, 0.29) is 24.1 Å². The van der Waals surface area contributed by atoms with Gasteiger partial charge in [0.2, 0.25) is 0 Å². The first-order valence-electron chi connectivity index (χ1n) is 7.45. The molecule has 0 radical (unpaired) electrons. The van der Waals surface area contributed by atoms with Crippen molar-refractivity contribution in [1.82, 2.24) is 18.7 Å².